The molecule has 1 aliphatic carbocycles. The number of carbonyl (C=O) groups excluding carboxylic acids is 1. The van der Waals surface area contributed by atoms with Crippen molar-refractivity contribution in [1.29, 1.82) is 0 Å². The molecule has 2 fully saturated rings. The number of likely N-dealkylation sites (N-methyl/N-ethyl adjacent to an activating group) is 1. The van der Waals surface area contributed by atoms with E-state index >= 15 is 0 Å². The Labute approximate surface area is 127 Å². The largest absolute Gasteiger partial charge is 0.497 e. The van der Waals surface area contributed by atoms with Gasteiger partial charge in [0.05, 0.1) is 7.11 Å². The van der Waals surface area contributed by atoms with Crippen LogP contribution in [0.15, 0.2) is 24.3 Å². The topological polar surface area (TPSA) is 29.5 Å². The fourth-order valence-corrected chi connectivity index (χ4v) is 3.21. The molecule has 1 saturated carbocycles. The number of rotatable bonds is 4. The van der Waals surface area contributed by atoms with Gasteiger partial charge in [0.2, 0.25) is 0 Å². The molecule has 1 saturated heterocycles. The summed E-state index contributed by atoms with van der Waals surface area (Å²) in [7, 11) is 3.74. The number of carbonyl (C=O) groups is 1. The average molecular weight is 282 g/mol. The fourth-order valence-electron chi connectivity index (χ4n) is 3.21. The minimum Gasteiger partial charge on any atom is -0.497 e. The lowest BCUT2D eigenvalue weighted by Crippen LogP contribution is -2.26. The molecule has 0 amide bonds. The molecule has 3 rings (SSSR count). The molecule has 2 atom stereocenters. The van der Waals surface area contributed by atoms with Crippen molar-refractivity contribution in [3.05, 3.63) is 61.4 Å². The number of hydrogen-bond donors (Lipinski definition) is 0. The summed E-state index contributed by atoms with van der Waals surface area (Å²) in [6.45, 7) is 1.74. The zero-order valence-corrected chi connectivity index (χ0v) is 12.5. The van der Waals surface area contributed by atoms with Crippen molar-refractivity contribution in [2.45, 2.75) is 5.92 Å². The Morgan fingerprint density at radius 1 is 1.14 bits per heavy atom. The van der Waals surface area contributed by atoms with Crippen LogP contribution in [0.5, 0.6) is 5.75 Å². The molecule has 2 unspecified atom stereocenters. The Balaban J connectivity index is 1.79. The molecule has 0 aromatic heterocycles. The van der Waals surface area contributed by atoms with Gasteiger partial charge in [0.1, 0.15) is 11.5 Å². The van der Waals surface area contributed by atoms with Crippen LogP contribution in [0.1, 0.15) is 11.5 Å². The third-order valence-electron chi connectivity index (χ3n) is 4.33. The summed E-state index contributed by atoms with van der Waals surface area (Å²) in [4.78, 5) is 14.9. The van der Waals surface area contributed by atoms with Crippen molar-refractivity contribution in [3.63, 3.8) is 0 Å². The first-order chi connectivity index (χ1) is 10.2. The highest BCUT2D eigenvalue weighted by molar-refractivity contribution is 6.00. The molecule has 0 spiro atoms. The zero-order valence-electron chi connectivity index (χ0n) is 12.5. The highest BCUT2D eigenvalue weighted by Crippen LogP contribution is 2.37. The molecule has 21 heavy (non-hydrogen) atoms. The van der Waals surface area contributed by atoms with Gasteiger partial charge in [-0.2, -0.15) is 0 Å². The van der Waals surface area contributed by atoms with Crippen LogP contribution < -0.4 is 4.74 Å². The number of ether oxygens (including phenoxy) is 1. The van der Waals surface area contributed by atoms with Gasteiger partial charge in [-0.05, 0) is 50.4 Å². The second-order valence-corrected chi connectivity index (χ2v) is 5.75. The number of ketones is 1. The highest BCUT2D eigenvalue weighted by Gasteiger charge is 2.40. The highest BCUT2D eigenvalue weighted by atomic mass is 16.5. The third kappa shape index (κ3) is 2.98. The van der Waals surface area contributed by atoms with E-state index in [0.717, 1.165) is 24.8 Å². The first kappa shape index (κ1) is 14.6. The minimum absolute atomic E-state index is 0.0331. The molecule has 1 aliphatic heterocycles. The van der Waals surface area contributed by atoms with Crippen LogP contribution in [0, 0.1) is 37.5 Å². The fraction of sp³-hybridized carbons (Fsp3) is 0.333. The monoisotopic (exact) mass is 282 g/mol. The predicted octanol–water partition coefficient (Wildman–Crippen LogP) is 2.31. The molecular weight excluding hydrogens is 262 g/mol. The predicted molar refractivity (Wildman–Crippen MR) is 82.2 cm³/mol. The van der Waals surface area contributed by atoms with Gasteiger partial charge in [-0.1, -0.05) is 12.1 Å². The molecular formula is C18H20NO2. The Morgan fingerprint density at radius 3 is 2.43 bits per heavy atom. The maximum atomic E-state index is 12.7. The normalized spacial score (nSPS) is 27.1. The summed E-state index contributed by atoms with van der Waals surface area (Å²) in [6, 6.07) is 8.09. The Kier molecular flexibility index (Phi) is 4.29. The lowest BCUT2D eigenvalue weighted by molar-refractivity contribution is -0.120. The van der Waals surface area contributed by atoms with Crippen molar-refractivity contribution >= 4 is 5.78 Å². The summed E-state index contributed by atoms with van der Waals surface area (Å²) in [5.74, 6) is 2.22. The maximum absolute atomic E-state index is 12.7. The molecule has 109 valence electrons. The minimum atomic E-state index is 0.0331. The van der Waals surface area contributed by atoms with Crippen LogP contribution in [0.4, 0.5) is 0 Å². The Morgan fingerprint density at radius 2 is 1.81 bits per heavy atom. The summed E-state index contributed by atoms with van der Waals surface area (Å²) >= 11 is 0. The molecule has 2 aliphatic rings. The quantitative estimate of drug-likeness (QED) is 0.849. The van der Waals surface area contributed by atoms with Gasteiger partial charge < -0.3 is 9.64 Å². The maximum Gasteiger partial charge on any atom is 0.145 e. The van der Waals surface area contributed by atoms with E-state index in [4.69, 9.17) is 4.74 Å². The van der Waals surface area contributed by atoms with Crippen LogP contribution in [0.25, 0.3) is 0 Å². The van der Waals surface area contributed by atoms with Crippen LogP contribution in [0.3, 0.4) is 0 Å². The Hall–Kier alpha value is -1.35. The van der Waals surface area contributed by atoms with Crippen molar-refractivity contribution in [3.8, 4) is 5.75 Å². The van der Waals surface area contributed by atoms with Crippen LogP contribution in [0.2, 0.25) is 0 Å². The van der Waals surface area contributed by atoms with Crippen LogP contribution in [-0.4, -0.2) is 37.9 Å². The number of benzene rings is 1. The van der Waals surface area contributed by atoms with Crippen molar-refractivity contribution in [2.24, 2.45) is 5.92 Å². The number of methoxy groups -OCH3 is 1. The van der Waals surface area contributed by atoms with Crippen molar-refractivity contribution < 1.29 is 9.53 Å². The number of nitrogens with zero attached hydrogens (tertiary/aromatic N) is 1. The second kappa shape index (κ2) is 6.18. The van der Waals surface area contributed by atoms with Gasteiger partial charge in [0, 0.05) is 30.8 Å². The molecule has 0 N–H and O–H groups in total. The van der Waals surface area contributed by atoms with Crippen molar-refractivity contribution in [1.82, 2.24) is 4.90 Å². The van der Waals surface area contributed by atoms with E-state index in [1.807, 2.05) is 37.8 Å². The van der Waals surface area contributed by atoms with Gasteiger partial charge in [-0.25, -0.2) is 0 Å². The number of hydrogen-bond acceptors (Lipinski definition) is 3. The second-order valence-electron chi connectivity index (χ2n) is 5.75. The van der Waals surface area contributed by atoms with Gasteiger partial charge >= 0.3 is 0 Å². The lowest BCUT2D eigenvalue weighted by atomic mass is 9.81. The van der Waals surface area contributed by atoms with Gasteiger partial charge in [-0.3, -0.25) is 4.79 Å². The van der Waals surface area contributed by atoms with E-state index in [9.17, 15) is 4.79 Å². The van der Waals surface area contributed by atoms with Gasteiger partial charge in [0.25, 0.3) is 0 Å². The molecule has 3 heteroatoms. The molecule has 1 aromatic rings. The smallest absolute Gasteiger partial charge is 0.145 e. The molecule has 3 nitrogen and oxygen atoms in total. The first-order valence-corrected chi connectivity index (χ1v) is 7.27. The van der Waals surface area contributed by atoms with Gasteiger partial charge in [-0.15, -0.1) is 0 Å². The number of Topliss-reactive ketones (excluding diaryl/α,β-unsaturated/α-hetero) is 1. The van der Waals surface area contributed by atoms with Crippen LogP contribution >= 0.6 is 0 Å². The molecule has 1 aromatic carbocycles. The summed E-state index contributed by atoms with van der Waals surface area (Å²) in [5.41, 5.74) is 1.21. The molecule has 5 radical (unpaired) electrons. The van der Waals surface area contributed by atoms with Gasteiger partial charge in [0.15, 0.2) is 0 Å². The Bertz CT molecular complexity index is 490. The lowest BCUT2D eigenvalue weighted by Gasteiger charge is -2.20. The number of likely N-dealkylation sites (tertiary alicyclic amines) is 1. The summed E-state index contributed by atoms with van der Waals surface area (Å²) in [5, 5.41) is 0. The van der Waals surface area contributed by atoms with Crippen molar-refractivity contribution in [2.75, 3.05) is 27.2 Å². The third-order valence-corrected chi connectivity index (χ3v) is 4.33. The van der Waals surface area contributed by atoms with E-state index < -0.39 is 0 Å². The van der Waals surface area contributed by atoms with E-state index in [-0.39, 0.29) is 17.6 Å². The van der Waals surface area contributed by atoms with E-state index in [2.05, 4.69) is 24.1 Å². The SMILES string of the molecule is COc1ccc(C2CN(C)CC2C(=O)[C]2[CH][CH][CH][CH]2)cc1. The zero-order chi connectivity index (χ0) is 14.8. The van der Waals surface area contributed by atoms with Crippen LogP contribution in [-0.2, 0) is 4.79 Å². The first-order valence-electron chi connectivity index (χ1n) is 7.27. The van der Waals surface area contributed by atoms with E-state index in [0.29, 0.717) is 0 Å². The average Bonchev–Trinajstić information content (AvgIpc) is 3.16. The summed E-state index contributed by atoms with van der Waals surface area (Å²) < 4.78 is 5.21. The summed E-state index contributed by atoms with van der Waals surface area (Å²) in [6.07, 6.45) is 7.67. The molecule has 0 bridgehead atoms. The molecule has 1 heterocycles. The van der Waals surface area contributed by atoms with E-state index in [1.54, 1.807) is 7.11 Å². The van der Waals surface area contributed by atoms with E-state index in [1.165, 1.54) is 5.56 Å². The standard InChI is InChI=1S/C18H20NO2/c1-19-11-16(13-7-9-15(21-2)10-8-13)17(12-19)18(20)14-5-3-4-6-14/h3-10,16-17H,11-12H2,1-2H3.